The summed E-state index contributed by atoms with van der Waals surface area (Å²) in [4.78, 5) is 18.4. The van der Waals surface area contributed by atoms with E-state index in [1.165, 1.54) is 22.4 Å². The van der Waals surface area contributed by atoms with E-state index >= 15 is 0 Å². The highest BCUT2D eigenvalue weighted by molar-refractivity contribution is 7.98. The lowest BCUT2D eigenvalue weighted by molar-refractivity contribution is -0.137. The van der Waals surface area contributed by atoms with E-state index in [-0.39, 0.29) is 11.3 Å². The monoisotopic (exact) mass is 460 g/mol. The number of rotatable bonds is 4. The van der Waals surface area contributed by atoms with Gasteiger partial charge in [0.05, 0.1) is 27.9 Å². The van der Waals surface area contributed by atoms with Crippen molar-refractivity contribution in [3.63, 3.8) is 0 Å². The van der Waals surface area contributed by atoms with Gasteiger partial charge in [0, 0.05) is 9.92 Å². The number of thioether (sulfide) groups is 1. The van der Waals surface area contributed by atoms with Gasteiger partial charge < -0.3 is 0 Å². The van der Waals surface area contributed by atoms with E-state index in [1.54, 1.807) is 24.3 Å². The first kappa shape index (κ1) is 21.5. The summed E-state index contributed by atoms with van der Waals surface area (Å²) in [6.07, 6.45) is -4.42. The lowest BCUT2D eigenvalue weighted by atomic mass is 10.2. The van der Waals surface area contributed by atoms with Crippen LogP contribution in [0.3, 0.4) is 0 Å². The van der Waals surface area contributed by atoms with Gasteiger partial charge in [-0.2, -0.15) is 13.2 Å². The standard InChI is InChI=1S/C23H16ClF3N2OS/c1-14-5-2-3-8-20(14)29-21(28-19-10-9-16(24)12-18(19)22(29)30)13-31-17-7-4-6-15(11-17)23(25,26)27/h2-12H,13H2,1H3. The van der Waals surface area contributed by atoms with Gasteiger partial charge in [0.1, 0.15) is 5.82 Å². The molecular weight excluding hydrogens is 445 g/mol. The Balaban J connectivity index is 1.82. The molecule has 31 heavy (non-hydrogen) atoms. The quantitative estimate of drug-likeness (QED) is 0.319. The minimum atomic E-state index is -4.42. The van der Waals surface area contributed by atoms with Crippen LogP contribution in [0.5, 0.6) is 0 Å². The molecule has 3 aromatic carbocycles. The molecule has 1 aromatic heterocycles. The predicted molar refractivity (Wildman–Crippen MR) is 118 cm³/mol. The van der Waals surface area contributed by atoms with Gasteiger partial charge in [0.15, 0.2) is 0 Å². The molecule has 1 heterocycles. The number of halogens is 4. The number of fused-ring (bicyclic) bond motifs is 1. The zero-order valence-electron chi connectivity index (χ0n) is 16.3. The second-order valence-corrected chi connectivity index (χ2v) is 8.42. The van der Waals surface area contributed by atoms with Gasteiger partial charge in [0.25, 0.3) is 5.56 Å². The molecule has 0 saturated heterocycles. The maximum Gasteiger partial charge on any atom is 0.416 e. The first-order chi connectivity index (χ1) is 14.7. The number of benzene rings is 3. The minimum Gasteiger partial charge on any atom is -0.268 e. The van der Waals surface area contributed by atoms with Crippen molar-refractivity contribution in [2.24, 2.45) is 0 Å². The molecule has 0 aliphatic heterocycles. The van der Waals surface area contributed by atoms with E-state index in [2.05, 4.69) is 4.98 Å². The van der Waals surface area contributed by atoms with Crippen LogP contribution in [0.25, 0.3) is 16.6 Å². The fraction of sp³-hybridized carbons (Fsp3) is 0.130. The molecule has 0 amide bonds. The van der Waals surface area contributed by atoms with Gasteiger partial charge in [-0.05, 0) is 55.0 Å². The van der Waals surface area contributed by atoms with Crippen LogP contribution in [-0.2, 0) is 11.9 Å². The SMILES string of the molecule is Cc1ccccc1-n1c(CSc2cccc(C(F)(F)F)c2)nc2ccc(Cl)cc2c1=O. The van der Waals surface area contributed by atoms with Crippen molar-refractivity contribution in [1.82, 2.24) is 9.55 Å². The third kappa shape index (κ3) is 4.48. The Morgan fingerprint density at radius 1 is 1.03 bits per heavy atom. The fourth-order valence-electron chi connectivity index (χ4n) is 3.27. The van der Waals surface area contributed by atoms with Gasteiger partial charge in [0.2, 0.25) is 0 Å². The molecule has 0 aliphatic rings. The van der Waals surface area contributed by atoms with E-state index in [9.17, 15) is 18.0 Å². The summed E-state index contributed by atoms with van der Waals surface area (Å²) in [5, 5.41) is 0.803. The van der Waals surface area contributed by atoms with Crippen molar-refractivity contribution in [2.75, 3.05) is 0 Å². The number of nitrogens with zero attached hydrogens (tertiary/aromatic N) is 2. The van der Waals surface area contributed by atoms with E-state index in [1.807, 2.05) is 31.2 Å². The van der Waals surface area contributed by atoms with E-state index < -0.39 is 11.7 Å². The maximum atomic E-state index is 13.4. The Bertz CT molecular complexity index is 1330. The molecular formula is C23H16ClF3N2OS. The summed E-state index contributed by atoms with van der Waals surface area (Å²) >= 11 is 7.27. The highest BCUT2D eigenvalue weighted by Gasteiger charge is 2.30. The van der Waals surface area contributed by atoms with Crippen LogP contribution in [0.1, 0.15) is 17.0 Å². The van der Waals surface area contributed by atoms with Crippen molar-refractivity contribution in [3.8, 4) is 5.69 Å². The molecule has 0 aliphatic carbocycles. The average molecular weight is 461 g/mol. The van der Waals surface area contributed by atoms with Crippen LogP contribution in [0.15, 0.2) is 76.4 Å². The molecule has 4 aromatic rings. The van der Waals surface area contributed by atoms with E-state index in [0.717, 1.165) is 17.7 Å². The van der Waals surface area contributed by atoms with Gasteiger partial charge in [-0.3, -0.25) is 9.36 Å². The molecule has 3 nitrogen and oxygen atoms in total. The Morgan fingerprint density at radius 3 is 2.55 bits per heavy atom. The molecule has 0 atom stereocenters. The number of para-hydroxylation sites is 1. The lowest BCUT2D eigenvalue weighted by Crippen LogP contribution is -2.24. The predicted octanol–water partition coefficient (Wildman–Crippen LogP) is 6.66. The highest BCUT2D eigenvalue weighted by atomic mass is 35.5. The Kier molecular flexibility index (Phi) is 5.81. The molecule has 0 N–H and O–H groups in total. The Hall–Kier alpha value is -2.77. The van der Waals surface area contributed by atoms with Crippen LogP contribution in [0, 0.1) is 6.92 Å². The van der Waals surface area contributed by atoms with Crippen molar-refractivity contribution < 1.29 is 13.2 Å². The van der Waals surface area contributed by atoms with Crippen molar-refractivity contribution in [1.29, 1.82) is 0 Å². The molecule has 4 rings (SSSR count). The van der Waals surface area contributed by atoms with Crippen molar-refractivity contribution in [3.05, 3.63) is 99.1 Å². The third-order valence-corrected chi connectivity index (χ3v) is 6.01. The molecule has 0 bridgehead atoms. The second-order valence-electron chi connectivity index (χ2n) is 6.93. The second kappa shape index (κ2) is 8.40. The zero-order chi connectivity index (χ0) is 22.2. The van der Waals surface area contributed by atoms with Gasteiger partial charge in [-0.15, -0.1) is 11.8 Å². The first-order valence-electron chi connectivity index (χ1n) is 9.31. The normalized spacial score (nSPS) is 11.8. The molecule has 0 saturated carbocycles. The Labute approximate surface area is 185 Å². The number of hydrogen-bond donors (Lipinski definition) is 0. The third-order valence-electron chi connectivity index (χ3n) is 4.79. The molecule has 0 fully saturated rings. The number of alkyl halides is 3. The maximum absolute atomic E-state index is 13.4. The summed E-state index contributed by atoms with van der Waals surface area (Å²) in [5.41, 5.74) is 1.04. The smallest absolute Gasteiger partial charge is 0.268 e. The zero-order valence-corrected chi connectivity index (χ0v) is 17.9. The summed E-state index contributed by atoms with van der Waals surface area (Å²) < 4.78 is 40.6. The average Bonchev–Trinajstić information content (AvgIpc) is 2.73. The number of aromatic nitrogens is 2. The van der Waals surface area contributed by atoms with Gasteiger partial charge in [-0.25, -0.2) is 4.98 Å². The summed E-state index contributed by atoms with van der Waals surface area (Å²) in [6, 6.07) is 17.4. The lowest BCUT2D eigenvalue weighted by Gasteiger charge is -2.16. The summed E-state index contributed by atoms with van der Waals surface area (Å²) in [7, 11) is 0. The van der Waals surface area contributed by atoms with Crippen LogP contribution >= 0.6 is 23.4 Å². The largest absolute Gasteiger partial charge is 0.416 e. The van der Waals surface area contributed by atoms with E-state index in [4.69, 9.17) is 11.6 Å². The van der Waals surface area contributed by atoms with Crippen molar-refractivity contribution >= 4 is 34.3 Å². The minimum absolute atomic E-state index is 0.212. The molecule has 0 spiro atoms. The van der Waals surface area contributed by atoms with Crippen molar-refractivity contribution in [2.45, 2.75) is 23.7 Å². The summed E-state index contributed by atoms with van der Waals surface area (Å²) in [5.74, 6) is 0.653. The first-order valence-corrected chi connectivity index (χ1v) is 10.7. The molecule has 0 radical (unpaired) electrons. The number of aryl methyl sites for hydroxylation is 1. The van der Waals surface area contributed by atoms with Crippen LogP contribution in [0.4, 0.5) is 13.2 Å². The van der Waals surface area contributed by atoms with Crippen LogP contribution in [0.2, 0.25) is 5.02 Å². The highest BCUT2D eigenvalue weighted by Crippen LogP contribution is 2.33. The molecule has 8 heteroatoms. The topological polar surface area (TPSA) is 34.9 Å². The molecule has 0 unspecified atom stereocenters. The molecule has 158 valence electrons. The van der Waals surface area contributed by atoms with E-state index in [0.29, 0.717) is 32.3 Å². The Morgan fingerprint density at radius 2 is 1.81 bits per heavy atom. The van der Waals surface area contributed by atoms with Crippen LogP contribution in [-0.4, -0.2) is 9.55 Å². The van der Waals surface area contributed by atoms with Crippen LogP contribution < -0.4 is 5.56 Å². The van der Waals surface area contributed by atoms with Gasteiger partial charge >= 0.3 is 6.18 Å². The number of hydrogen-bond acceptors (Lipinski definition) is 3. The van der Waals surface area contributed by atoms with Gasteiger partial charge in [-0.1, -0.05) is 35.9 Å². The fourth-order valence-corrected chi connectivity index (χ4v) is 4.32. The summed E-state index contributed by atoms with van der Waals surface area (Å²) in [6.45, 7) is 1.88.